The number of hydrogen-bond donors (Lipinski definition) is 0. The van der Waals surface area contributed by atoms with E-state index in [1.807, 2.05) is 0 Å². The van der Waals surface area contributed by atoms with E-state index in [0.29, 0.717) is 16.7 Å². The standard InChI is InChI=1S/C18H27ClO2/c1-14-15(2)18(21)16(13-17(14)20)11-9-7-5-3-4-6-8-10-12-19/h13H,3-12H2,1-2H3. The Morgan fingerprint density at radius 1 is 0.810 bits per heavy atom. The molecule has 0 heterocycles. The molecule has 0 saturated carbocycles. The van der Waals surface area contributed by atoms with Gasteiger partial charge in [0.2, 0.25) is 0 Å². The van der Waals surface area contributed by atoms with Gasteiger partial charge in [-0.05, 0) is 39.2 Å². The van der Waals surface area contributed by atoms with Gasteiger partial charge in [-0.25, -0.2) is 0 Å². The molecule has 0 atom stereocenters. The van der Waals surface area contributed by atoms with Crippen LogP contribution in [0, 0.1) is 0 Å². The average molecular weight is 311 g/mol. The van der Waals surface area contributed by atoms with Crippen LogP contribution >= 0.6 is 11.6 Å². The number of hydrogen-bond acceptors (Lipinski definition) is 2. The number of allylic oxidation sites excluding steroid dienone is 4. The summed E-state index contributed by atoms with van der Waals surface area (Å²) in [6.45, 7) is 3.48. The van der Waals surface area contributed by atoms with Crippen molar-refractivity contribution in [3.63, 3.8) is 0 Å². The highest BCUT2D eigenvalue weighted by molar-refractivity contribution is 6.22. The van der Waals surface area contributed by atoms with Gasteiger partial charge in [0, 0.05) is 22.6 Å². The van der Waals surface area contributed by atoms with Gasteiger partial charge >= 0.3 is 0 Å². The molecule has 0 amide bonds. The lowest BCUT2D eigenvalue weighted by Crippen LogP contribution is -2.16. The highest BCUT2D eigenvalue weighted by atomic mass is 35.5. The van der Waals surface area contributed by atoms with Crippen molar-refractivity contribution in [2.75, 3.05) is 5.88 Å². The number of Topliss-reactive ketones (excluding diaryl/α,β-unsaturated/α-hetero) is 1. The molecule has 0 fully saturated rings. The number of ketones is 2. The van der Waals surface area contributed by atoms with E-state index >= 15 is 0 Å². The molecule has 0 aromatic heterocycles. The van der Waals surface area contributed by atoms with Gasteiger partial charge in [-0.15, -0.1) is 11.6 Å². The molecule has 118 valence electrons. The smallest absolute Gasteiger partial charge is 0.185 e. The summed E-state index contributed by atoms with van der Waals surface area (Å²) < 4.78 is 0. The zero-order chi connectivity index (χ0) is 15.7. The Morgan fingerprint density at radius 3 is 1.90 bits per heavy atom. The summed E-state index contributed by atoms with van der Waals surface area (Å²) in [5.74, 6) is 0.837. The summed E-state index contributed by atoms with van der Waals surface area (Å²) in [5.41, 5.74) is 1.92. The van der Waals surface area contributed by atoms with E-state index in [2.05, 4.69) is 0 Å². The fourth-order valence-electron chi connectivity index (χ4n) is 2.58. The first-order chi connectivity index (χ1) is 10.1. The van der Waals surface area contributed by atoms with Gasteiger partial charge in [-0.3, -0.25) is 9.59 Å². The summed E-state index contributed by atoms with van der Waals surface area (Å²) in [6, 6.07) is 0. The molecular weight excluding hydrogens is 284 g/mol. The Labute approximate surface area is 133 Å². The molecule has 3 heteroatoms. The second kappa shape index (κ2) is 9.94. The maximum absolute atomic E-state index is 12.1. The summed E-state index contributed by atoms with van der Waals surface area (Å²) in [7, 11) is 0. The largest absolute Gasteiger partial charge is 0.290 e. The minimum atomic E-state index is 0.00129. The van der Waals surface area contributed by atoms with E-state index in [1.54, 1.807) is 13.8 Å². The zero-order valence-corrected chi connectivity index (χ0v) is 14.1. The SMILES string of the molecule is CC1=C(C)C(=O)C(CCCCCCCCCCCl)=CC1=O. The Balaban J connectivity index is 2.15. The molecule has 0 aromatic carbocycles. The minimum Gasteiger partial charge on any atom is -0.290 e. The van der Waals surface area contributed by atoms with Crippen LogP contribution in [0.2, 0.25) is 0 Å². The van der Waals surface area contributed by atoms with Crippen LogP contribution in [0.3, 0.4) is 0 Å². The Hall–Kier alpha value is -0.890. The van der Waals surface area contributed by atoms with Crippen LogP contribution in [0.1, 0.15) is 71.6 Å². The van der Waals surface area contributed by atoms with E-state index in [4.69, 9.17) is 11.6 Å². The van der Waals surface area contributed by atoms with Crippen LogP contribution in [0.25, 0.3) is 0 Å². The Kier molecular flexibility index (Phi) is 8.60. The van der Waals surface area contributed by atoms with Gasteiger partial charge in [-0.2, -0.15) is 0 Å². The number of carbonyl (C=O) groups excluding carboxylic acids is 2. The molecule has 0 spiro atoms. The van der Waals surface area contributed by atoms with E-state index in [9.17, 15) is 9.59 Å². The van der Waals surface area contributed by atoms with E-state index in [1.165, 1.54) is 38.2 Å². The van der Waals surface area contributed by atoms with Crippen LogP contribution in [-0.2, 0) is 9.59 Å². The lowest BCUT2D eigenvalue weighted by molar-refractivity contribution is -0.116. The molecular formula is C18H27ClO2. The summed E-state index contributed by atoms with van der Waals surface area (Å²) >= 11 is 5.64. The molecule has 0 radical (unpaired) electrons. The topological polar surface area (TPSA) is 34.1 Å². The molecule has 1 rings (SSSR count). The molecule has 0 unspecified atom stereocenters. The molecule has 0 aromatic rings. The van der Waals surface area contributed by atoms with Crippen LogP contribution in [-0.4, -0.2) is 17.4 Å². The van der Waals surface area contributed by atoms with Gasteiger partial charge in [0.25, 0.3) is 0 Å². The van der Waals surface area contributed by atoms with Gasteiger partial charge in [0.1, 0.15) is 0 Å². The lowest BCUT2D eigenvalue weighted by Gasteiger charge is -2.14. The predicted molar refractivity (Wildman–Crippen MR) is 88.7 cm³/mol. The third-order valence-corrected chi connectivity index (χ3v) is 4.47. The van der Waals surface area contributed by atoms with Crippen molar-refractivity contribution in [1.82, 2.24) is 0 Å². The molecule has 0 bridgehead atoms. The van der Waals surface area contributed by atoms with Crippen molar-refractivity contribution in [2.24, 2.45) is 0 Å². The predicted octanol–water partition coefficient (Wildman–Crippen LogP) is 5.15. The minimum absolute atomic E-state index is 0.00129. The average Bonchev–Trinajstić information content (AvgIpc) is 2.48. The van der Waals surface area contributed by atoms with Crippen molar-refractivity contribution in [3.05, 3.63) is 22.8 Å². The summed E-state index contributed by atoms with van der Waals surface area (Å²) in [6.07, 6.45) is 11.8. The highest BCUT2D eigenvalue weighted by Crippen LogP contribution is 2.22. The van der Waals surface area contributed by atoms with Gasteiger partial charge in [0.05, 0.1) is 0 Å². The first-order valence-electron chi connectivity index (χ1n) is 8.11. The van der Waals surface area contributed by atoms with E-state index < -0.39 is 0 Å². The Morgan fingerprint density at radius 2 is 1.33 bits per heavy atom. The quantitative estimate of drug-likeness (QED) is 0.317. The first kappa shape index (κ1) is 18.2. The fourth-order valence-corrected chi connectivity index (χ4v) is 2.77. The van der Waals surface area contributed by atoms with E-state index in [-0.39, 0.29) is 11.6 Å². The van der Waals surface area contributed by atoms with Crippen LogP contribution in [0.15, 0.2) is 22.8 Å². The molecule has 21 heavy (non-hydrogen) atoms. The van der Waals surface area contributed by atoms with Crippen molar-refractivity contribution in [3.8, 4) is 0 Å². The van der Waals surface area contributed by atoms with Crippen molar-refractivity contribution in [1.29, 1.82) is 0 Å². The number of carbonyl (C=O) groups is 2. The van der Waals surface area contributed by atoms with Gasteiger partial charge in [-0.1, -0.05) is 38.5 Å². The molecule has 1 aliphatic carbocycles. The number of alkyl halides is 1. The van der Waals surface area contributed by atoms with Crippen molar-refractivity contribution < 1.29 is 9.59 Å². The van der Waals surface area contributed by atoms with Crippen LogP contribution in [0.4, 0.5) is 0 Å². The highest BCUT2D eigenvalue weighted by Gasteiger charge is 2.22. The summed E-state index contributed by atoms with van der Waals surface area (Å²) in [4.78, 5) is 23.8. The van der Waals surface area contributed by atoms with E-state index in [0.717, 1.165) is 31.6 Å². The third kappa shape index (κ3) is 6.17. The molecule has 0 saturated heterocycles. The maximum Gasteiger partial charge on any atom is 0.185 e. The zero-order valence-electron chi connectivity index (χ0n) is 13.3. The molecule has 0 aliphatic heterocycles. The Bertz CT molecular complexity index is 432. The van der Waals surface area contributed by atoms with Crippen molar-refractivity contribution in [2.45, 2.75) is 71.6 Å². The second-order valence-electron chi connectivity index (χ2n) is 5.88. The number of halogens is 1. The van der Waals surface area contributed by atoms with Gasteiger partial charge in [0.15, 0.2) is 11.6 Å². The number of rotatable bonds is 10. The van der Waals surface area contributed by atoms with Crippen LogP contribution < -0.4 is 0 Å². The monoisotopic (exact) mass is 310 g/mol. The molecule has 2 nitrogen and oxygen atoms in total. The second-order valence-corrected chi connectivity index (χ2v) is 6.26. The maximum atomic E-state index is 12.1. The van der Waals surface area contributed by atoms with Crippen LogP contribution in [0.5, 0.6) is 0 Å². The number of unbranched alkanes of at least 4 members (excludes halogenated alkanes) is 7. The molecule has 1 aliphatic rings. The molecule has 0 N–H and O–H groups in total. The summed E-state index contributed by atoms with van der Waals surface area (Å²) in [5, 5.41) is 0. The fraction of sp³-hybridized carbons (Fsp3) is 0.667. The lowest BCUT2D eigenvalue weighted by atomic mass is 9.88. The van der Waals surface area contributed by atoms with Gasteiger partial charge < -0.3 is 0 Å². The van der Waals surface area contributed by atoms with Crippen molar-refractivity contribution >= 4 is 23.2 Å². The first-order valence-corrected chi connectivity index (χ1v) is 8.64. The third-order valence-electron chi connectivity index (χ3n) is 4.20. The normalized spacial score (nSPS) is 15.7.